The van der Waals surface area contributed by atoms with E-state index >= 15 is 0 Å². The predicted octanol–water partition coefficient (Wildman–Crippen LogP) is 9.53. The second-order valence-electron chi connectivity index (χ2n) is 15.5. The summed E-state index contributed by atoms with van der Waals surface area (Å²) >= 11 is 1.62. The Morgan fingerprint density at radius 1 is 1.06 bits per heavy atom. The second-order valence-corrected chi connectivity index (χ2v) is 16.5. The van der Waals surface area contributed by atoms with Gasteiger partial charge in [-0.2, -0.15) is 0 Å². The largest absolute Gasteiger partial charge is 0.477 e. The van der Waals surface area contributed by atoms with Gasteiger partial charge in [-0.3, -0.25) is 4.99 Å². The average Bonchev–Trinajstić information content (AvgIpc) is 2.94. The maximum atomic E-state index is 12.3. The minimum absolute atomic E-state index is 0.107. The molecule has 2 aromatic carbocycles. The van der Waals surface area contributed by atoms with Crippen molar-refractivity contribution in [3.8, 4) is 0 Å². The summed E-state index contributed by atoms with van der Waals surface area (Å²) in [5, 5.41) is 3.06. The number of benzene rings is 2. The minimum Gasteiger partial charge on any atom is -0.477 e. The highest BCUT2D eigenvalue weighted by Crippen LogP contribution is 2.42. The minimum atomic E-state index is -0.492. The molecule has 1 saturated carbocycles. The van der Waals surface area contributed by atoms with Gasteiger partial charge in [0.25, 0.3) is 0 Å². The monoisotopic (exact) mass is 660 g/mol. The number of hydrogen-bond acceptors (Lipinski definition) is 7. The van der Waals surface area contributed by atoms with E-state index in [0.29, 0.717) is 31.0 Å². The number of aliphatic imine (C=N–C) groups is 2. The molecule has 2 atom stereocenters. The lowest BCUT2D eigenvalue weighted by molar-refractivity contribution is 0.0445. The first-order valence-electron chi connectivity index (χ1n) is 17.0. The normalized spacial score (nSPS) is 24.2. The summed E-state index contributed by atoms with van der Waals surface area (Å²) < 4.78 is 15.6. The Bertz CT molecular complexity index is 1440. The summed E-state index contributed by atoms with van der Waals surface area (Å²) in [5.74, 6) is 1.67. The van der Waals surface area contributed by atoms with E-state index in [4.69, 9.17) is 14.5 Å². The lowest BCUT2D eigenvalue weighted by atomic mass is 9.71. The number of alkyl carbamates (subject to hydrolysis) is 1. The van der Waals surface area contributed by atoms with E-state index < -0.39 is 5.60 Å². The Morgan fingerprint density at radius 3 is 2.38 bits per heavy atom. The number of nitrogens with zero attached hydrogens (tertiary/aromatic N) is 2. The lowest BCUT2D eigenvalue weighted by Gasteiger charge is -2.38. The average molecular weight is 661 g/mol. The van der Waals surface area contributed by atoms with Gasteiger partial charge in [0.1, 0.15) is 5.60 Å². The number of aryl methyl sites for hydroxylation is 2. The predicted molar refractivity (Wildman–Crippen MR) is 196 cm³/mol. The highest BCUT2D eigenvalue weighted by atomic mass is 32.2. The molecule has 47 heavy (non-hydrogen) atoms. The molecular formula is C39H56N4O3S. The number of amides is 1. The van der Waals surface area contributed by atoms with Gasteiger partial charge in [-0.1, -0.05) is 51.1 Å². The number of fused-ring (bicyclic) bond motifs is 2. The Morgan fingerprint density at radius 2 is 1.74 bits per heavy atom. The summed E-state index contributed by atoms with van der Waals surface area (Å²) in [6.45, 7) is 23.8. The summed E-state index contributed by atoms with van der Waals surface area (Å²) in [4.78, 5) is 23.0. The van der Waals surface area contributed by atoms with Crippen molar-refractivity contribution in [2.75, 3.05) is 13.3 Å². The highest BCUT2D eigenvalue weighted by Gasteiger charge is 2.34. The van der Waals surface area contributed by atoms with Crippen LogP contribution in [0.3, 0.4) is 0 Å². The number of rotatable bonds is 7. The van der Waals surface area contributed by atoms with Crippen LogP contribution < -0.4 is 10.0 Å². The molecule has 0 radical (unpaired) electrons. The molecule has 2 aliphatic rings. The third-order valence-corrected chi connectivity index (χ3v) is 9.80. The summed E-state index contributed by atoms with van der Waals surface area (Å²) in [5.41, 5.74) is 6.16. The molecule has 2 unspecified atom stereocenters. The maximum Gasteiger partial charge on any atom is 0.407 e. The van der Waals surface area contributed by atoms with Crippen LogP contribution in [0.15, 0.2) is 68.8 Å². The number of carbonyl (C=O) groups is 1. The van der Waals surface area contributed by atoms with E-state index in [0.717, 1.165) is 60.1 Å². The molecule has 0 aromatic heterocycles. The van der Waals surface area contributed by atoms with Crippen molar-refractivity contribution in [1.29, 1.82) is 0 Å². The van der Waals surface area contributed by atoms with E-state index in [9.17, 15) is 4.79 Å². The fraction of sp³-hybridized carbons (Fsp3) is 0.564. The molecule has 2 bridgehead atoms. The zero-order valence-electron chi connectivity index (χ0n) is 30.0. The standard InChI is InChI=1S/C39H56N4O3S/c1-25-13-11-14-26(2)34(25)35-27(3)36(40-10)45-23-30(22-38(4,5)6)33(29-15-12-16-32(21-29)47-42-24-41-35)18-17-28-19-31(20-28)43-37(44)46-39(7,8)9/h11-16,21,28,30-31,33,42H,10,17-20,22-24H2,1-9H3,(H,43,44)/b36-27+,41-35?. The first-order valence-corrected chi connectivity index (χ1v) is 17.9. The Labute approximate surface area is 287 Å². The van der Waals surface area contributed by atoms with Crippen LogP contribution in [0.5, 0.6) is 0 Å². The first kappa shape index (κ1) is 36.7. The van der Waals surface area contributed by atoms with E-state index in [-0.39, 0.29) is 23.5 Å². The number of carbonyl (C=O) groups excluding carboxylic acids is 1. The molecule has 8 heteroatoms. The van der Waals surface area contributed by atoms with Gasteiger partial charge in [0.15, 0.2) is 0 Å². The van der Waals surface area contributed by atoms with Gasteiger partial charge in [-0.05, 0) is 138 Å². The fourth-order valence-electron chi connectivity index (χ4n) is 6.93. The number of hydrogen-bond donors (Lipinski definition) is 2. The number of ether oxygens (including phenoxy) is 2. The molecule has 2 aromatic rings. The van der Waals surface area contributed by atoms with Gasteiger partial charge >= 0.3 is 6.09 Å². The highest BCUT2D eigenvalue weighted by molar-refractivity contribution is 7.97. The van der Waals surface area contributed by atoms with Crippen LogP contribution in [-0.4, -0.2) is 43.4 Å². The van der Waals surface area contributed by atoms with Crippen LogP contribution >= 0.6 is 11.9 Å². The SMILES string of the molecule is C=N/C1=C(/C)C(c2c(C)cccc2C)=NCNSc2cccc(c2)C(CCC2CC(NC(=O)OC(C)(C)C)C2)C(CC(C)(C)C)CO1. The van der Waals surface area contributed by atoms with E-state index in [1.54, 1.807) is 11.9 Å². The summed E-state index contributed by atoms with van der Waals surface area (Å²) in [6.07, 6.45) is 4.79. The van der Waals surface area contributed by atoms with Crippen molar-refractivity contribution in [2.45, 2.75) is 117 Å². The molecule has 1 amide bonds. The quantitative estimate of drug-likeness (QED) is 0.228. The van der Waals surface area contributed by atoms with Crippen LogP contribution in [0, 0.1) is 31.1 Å². The third-order valence-electron chi connectivity index (χ3n) is 9.04. The smallest absolute Gasteiger partial charge is 0.407 e. The van der Waals surface area contributed by atoms with Crippen molar-refractivity contribution in [3.05, 3.63) is 76.2 Å². The molecule has 1 aliphatic heterocycles. The van der Waals surface area contributed by atoms with Crippen molar-refractivity contribution < 1.29 is 14.3 Å². The maximum absolute atomic E-state index is 12.3. The van der Waals surface area contributed by atoms with Gasteiger partial charge in [-0.25, -0.2) is 14.5 Å². The molecule has 1 heterocycles. The van der Waals surface area contributed by atoms with Gasteiger partial charge in [0.05, 0.1) is 19.0 Å². The Kier molecular flexibility index (Phi) is 12.4. The zero-order valence-corrected chi connectivity index (χ0v) is 30.9. The van der Waals surface area contributed by atoms with Crippen LogP contribution in [0.4, 0.5) is 4.79 Å². The van der Waals surface area contributed by atoms with Crippen LogP contribution in [-0.2, 0) is 9.47 Å². The van der Waals surface area contributed by atoms with Gasteiger partial charge in [0, 0.05) is 28.0 Å². The summed E-state index contributed by atoms with van der Waals surface area (Å²) in [7, 11) is 0. The lowest BCUT2D eigenvalue weighted by Crippen LogP contribution is -2.46. The van der Waals surface area contributed by atoms with Crippen molar-refractivity contribution in [1.82, 2.24) is 10.0 Å². The molecule has 7 nitrogen and oxygen atoms in total. The molecule has 1 aliphatic carbocycles. The van der Waals surface area contributed by atoms with Crippen molar-refractivity contribution in [3.63, 3.8) is 0 Å². The summed E-state index contributed by atoms with van der Waals surface area (Å²) in [6, 6.07) is 15.5. The van der Waals surface area contributed by atoms with E-state index in [1.807, 2.05) is 27.7 Å². The molecule has 1 fully saturated rings. The van der Waals surface area contributed by atoms with Gasteiger partial charge < -0.3 is 14.8 Å². The molecule has 256 valence electrons. The van der Waals surface area contributed by atoms with E-state index in [1.165, 1.54) is 10.5 Å². The van der Waals surface area contributed by atoms with Gasteiger partial charge in [-0.15, -0.1) is 0 Å². The first-order chi connectivity index (χ1) is 22.1. The van der Waals surface area contributed by atoms with Crippen LogP contribution in [0.2, 0.25) is 0 Å². The Balaban J connectivity index is 1.62. The topological polar surface area (TPSA) is 84.3 Å². The molecule has 0 spiro atoms. The van der Waals surface area contributed by atoms with E-state index in [2.05, 4.69) is 98.8 Å². The molecule has 2 N–H and O–H groups in total. The Hall–Kier alpha value is -3.10. The van der Waals surface area contributed by atoms with Crippen molar-refractivity contribution >= 4 is 30.5 Å². The van der Waals surface area contributed by atoms with Crippen molar-refractivity contribution in [2.24, 2.45) is 27.2 Å². The molecular weight excluding hydrogens is 605 g/mol. The van der Waals surface area contributed by atoms with Crippen LogP contribution in [0.1, 0.15) is 109 Å². The molecule has 4 rings (SSSR count). The third kappa shape index (κ3) is 10.7. The fourth-order valence-corrected chi connectivity index (χ4v) is 7.56. The zero-order chi connectivity index (χ0) is 34.4. The number of allylic oxidation sites excluding steroid dienone is 1. The second kappa shape index (κ2) is 15.9. The van der Waals surface area contributed by atoms with Crippen LogP contribution in [0.25, 0.3) is 0 Å². The van der Waals surface area contributed by atoms with Gasteiger partial charge in [0.2, 0.25) is 5.88 Å². The molecule has 0 saturated heterocycles. The number of nitrogens with one attached hydrogen (secondary N) is 2.